The minimum absolute atomic E-state index is 0.592. The minimum atomic E-state index is 0.592. The Bertz CT molecular complexity index is 487. The van der Waals surface area contributed by atoms with Crippen LogP contribution in [0.1, 0.15) is 42.9 Å². The number of benzene rings is 1. The molecule has 0 aliphatic heterocycles. The van der Waals surface area contributed by atoms with Crippen molar-refractivity contribution in [3.8, 4) is 0 Å². The van der Waals surface area contributed by atoms with Gasteiger partial charge in [-0.3, -0.25) is 0 Å². The van der Waals surface area contributed by atoms with Crippen LogP contribution in [-0.4, -0.2) is 0 Å². The molecule has 0 amide bonds. The first-order valence-electron chi connectivity index (χ1n) is 6.50. The summed E-state index contributed by atoms with van der Waals surface area (Å²) in [7, 11) is 0. The first-order chi connectivity index (χ1) is 8.36. The maximum atomic E-state index is 2.27. The molecule has 0 bridgehead atoms. The standard InChI is InChI=1S/C15H14.C2H6/c1-11-5-4-8-15-13(11)10-9-12-6-2-3-7-14(12)15;1-2/h2-6,8-10,14H,7H2,1H3;1-2H3. The van der Waals surface area contributed by atoms with Crippen molar-refractivity contribution in [3.63, 3.8) is 0 Å². The molecule has 1 aromatic carbocycles. The average molecular weight is 224 g/mol. The molecule has 17 heavy (non-hydrogen) atoms. The van der Waals surface area contributed by atoms with E-state index >= 15 is 0 Å². The summed E-state index contributed by atoms with van der Waals surface area (Å²) < 4.78 is 0. The predicted octanol–water partition coefficient (Wildman–Crippen LogP) is 5.02. The van der Waals surface area contributed by atoms with E-state index in [1.54, 1.807) is 0 Å². The third kappa shape index (κ3) is 2.12. The van der Waals surface area contributed by atoms with Crippen LogP contribution in [0.5, 0.6) is 0 Å². The maximum absolute atomic E-state index is 2.27. The first-order valence-corrected chi connectivity index (χ1v) is 6.50. The van der Waals surface area contributed by atoms with Gasteiger partial charge in [0.05, 0.1) is 0 Å². The molecule has 3 rings (SSSR count). The summed E-state index contributed by atoms with van der Waals surface area (Å²) in [6, 6.07) is 6.63. The fourth-order valence-corrected chi connectivity index (χ4v) is 2.54. The van der Waals surface area contributed by atoms with Crippen molar-refractivity contribution in [2.75, 3.05) is 0 Å². The average Bonchev–Trinajstić information content (AvgIpc) is 2.41. The number of allylic oxidation sites excluding steroid dienone is 5. The maximum Gasteiger partial charge on any atom is 0.0130 e. The molecule has 2 aliphatic rings. The van der Waals surface area contributed by atoms with Crippen LogP contribution in [0, 0.1) is 6.92 Å². The number of aryl methyl sites for hydroxylation is 1. The van der Waals surface area contributed by atoms with E-state index in [2.05, 4.69) is 55.5 Å². The lowest BCUT2D eigenvalue weighted by molar-refractivity contribution is 0.809. The Labute approximate surface area is 104 Å². The topological polar surface area (TPSA) is 0 Å². The summed E-state index contributed by atoms with van der Waals surface area (Å²) >= 11 is 0. The van der Waals surface area contributed by atoms with Crippen LogP contribution in [0.2, 0.25) is 0 Å². The van der Waals surface area contributed by atoms with Crippen LogP contribution in [0.15, 0.2) is 48.1 Å². The van der Waals surface area contributed by atoms with E-state index in [4.69, 9.17) is 0 Å². The molecule has 0 heterocycles. The van der Waals surface area contributed by atoms with Gasteiger partial charge in [-0.2, -0.15) is 0 Å². The zero-order valence-electron chi connectivity index (χ0n) is 10.9. The summed E-state index contributed by atoms with van der Waals surface area (Å²) in [6.07, 6.45) is 12.3. The third-order valence-corrected chi connectivity index (χ3v) is 3.37. The Hall–Kier alpha value is -1.56. The highest BCUT2D eigenvalue weighted by atomic mass is 14.3. The zero-order chi connectivity index (χ0) is 12.3. The van der Waals surface area contributed by atoms with E-state index in [1.165, 1.54) is 22.3 Å². The summed E-state index contributed by atoms with van der Waals surface area (Å²) in [5, 5.41) is 0. The van der Waals surface area contributed by atoms with Crippen molar-refractivity contribution in [2.45, 2.75) is 33.1 Å². The van der Waals surface area contributed by atoms with E-state index in [0.29, 0.717) is 5.92 Å². The van der Waals surface area contributed by atoms with E-state index in [0.717, 1.165) is 6.42 Å². The summed E-state index contributed by atoms with van der Waals surface area (Å²) in [5.41, 5.74) is 5.76. The van der Waals surface area contributed by atoms with Gasteiger partial charge < -0.3 is 0 Å². The van der Waals surface area contributed by atoms with Gasteiger partial charge in [0.25, 0.3) is 0 Å². The molecular formula is C17H20. The Morgan fingerprint density at radius 1 is 1.12 bits per heavy atom. The fraction of sp³-hybridized carbons (Fsp3) is 0.294. The third-order valence-electron chi connectivity index (χ3n) is 3.37. The van der Waals surface area contributed by atoms with Crippen LogP contribution < -0.4 is 0 Å². The molecule has 0 nitrogen and oxygen atoms in total. The molecule has 0 fully saturated rings. The van der Waals surface area contributed by atoms with Gasteiger partial charge in [0.2, 0.25) is 0 Å². The highest BCUT2D eigenvalue weighted by molar-refractivity contribution is 5.67. The Morgan fingerprint density at radius 2 is 1.94 bits per heavy atom. The molecule has 0 heteroatoms. The normalized spacial score (nSPS) is 19.7. The van der Waals surface area contributed by atoms with Gasteiger partial charge in [-0.1, -0.05) is 62.4 Å². The monoisotopic (exact) mass is 224 g/mol. The largest absolute Gasteiger partial charge is 0.0836 e. The molecule has 1 unspecified atom stereocenters. The number of rotatable bonds is 0. The van der Waals surface area contributed by atoms with Gasteiger partial charge in [0.1, 0.15) is 0 Å². The van der Waals surface area contributed by atoms with E-state index < -0.39 is 0 Å². The minimum Gasteiger partial charge on any atom is -0.0836 e. The van der Waals surface area contributed by atoms with Crippen LogP contribution in [0.25, 0.3) is 6.08 Å². The van der Waals surface area contributed by atoms with Crippen LogP contribution in [0.3, 0.4) is 0 Å². The number of hydrogen-bond donors (Lipinski definition) is 0. The van der Waals surface area contributed by atoms with Crippen molar-refractivity contribution < 1.29 is 0 Å². The molecule has 0 aromatic heterocycles. The Balaban J connectivity index is 0.000000514. The molecular weight excluding hydrogens is 204 g/mol. The molecule has 0 radical (unpaired) electrons. The molecule has 0 saturated carbocycles. The molecule has 0 N–H and O–H groups in total. The lowest BCUT2D eigenvalue weighted by atomic mass is 9.78. The van der Waals surface area contributed by atoms with E-state index in [-0.39, 0.29) is 0 Å². The molecule has 88 valence electrons. The van der Waals surface area contributed by atoms with Gasteiger partial charge in [-0.05, 0) is 35.6 Å². The van der Waals surface area contributed by atoms with Gasteiger partial charge in [-0.25, -0.2) is 0 Å². The second-order valence-corrected chi connectivity index (χ2v) is 4.29. The van der Waals surface area contributed by atoms with Crippen LogP contribution >= 0.6 is 0 Å². The van der Waals surface area contributed by atoms with Crippen LogP contribution in [0.4, 0.5) is 0 Å². The van der Waals surface area contributed by atoms with Crippen molar-refractivity contribution in [1.29, 1.82) is 0 Å². The van der Waals surface area contributed by atoms with Gasteiger partial charge in [-0.15, -0.1) is 0 Å². The smallest absolute Gasteiger partial charge is 0.0130 e. The van der Waals surface area contributed by atoms with Crippen LogP contribution in [-0.2, 0) is 0 Å². The molecule has 0 spiro atoms. The van der Waals surface area contributed by atoms with Gasteiger partial charge >= 0.3 is 0 Å². The lowest BCUT2D eigenvalue weighted by Gasteiger charge is -2.26. The Morgan fingerprint density at radius 3 is 2.76 bits per heavy atom. The highest BCUT2D eigenvalue weighted by Gasteiger charge is 2.21. The summed E-state index contributed by atoms with van der Waals surface area (Å²) in [4.78, 5) is 0. The number of fused-ring (bicyclic) bond motifs is 3. The first kappa shape index (κ1) is 11.9. The van der Waals surface area contributed by atoms with Crippen molar-refractivity contribution >= 4 is 6.08 Å². The molecule has 0 saturated heterocycles. The lowest BCUT2D eigenvalue weighted by Crippen LogP contribution is -2.09. The summed E-state index contributed by atoms with van der Waals surface area (Å²) in [5.74, 6) is 0.592. The van der Waals surface area contributed by atoms with Crippen molar-refractivity contribution in [3.05, 3.63) is 64.8 Å². The summed E-state index contributed by atoms with van der Waals surface area (Å²) in [6.45, 7) is 6.19. The quantitative estimate of drug-likeness (QED) is 0.580. The van der Waals surface area contributed by atoms with Crippen molar-refractivity contribution in [2.24, 2.45) is 0 Å². The predicted molar refractivity (Wildman–Crippen MR) is 76.1 cm³/mol. The second kappa shape index (κ2) is 5.18. The molecule has 1 atom stereocenters. The second-order valence-electron chi connectivity index (χ2n) is 4.29. The van der Waals surface area contributed by atoms with Gasteiger partial charge in [0, 0.05) is 5.92 Å². The van der Waals surface area contributed by atoms with E-state index in [1.807, 2.05) is 13.8 Å². The zero-order valence-corrected chi connectivity index (χ0v) is 10.9. The Kier molecular flexibility index (Phi) is 3.63. The molecule has 2 aliphatic carbocycles. The van der Waals surface area contributed by atoms with E-state index in [9.17, 15) is 0 Å². The van der Waals surface area contributed by atoms with Gasteiger partial charge in [0.15, 0.2) is 0 Å². The SMILES string of the molecule is CC.Cc1cccc2c1C=CC1=CC=CCC12. The highest BCUT2D eigenvalue weighted by Crippen LogP contribution is 2.39. The fourth-order valence-electron chi connectivity index (χ4n) is 2.54. The van der Waals surface area contributed by atoms with Crippen molar-refractivity contribution in [1.82, 2.24) is 0 Å². The number of hydrogen-bond acceptors (Lipinski definition) is 0. The molecule has 1 aromatic rings.